The standard InChI is InChI=1S/C30H36ClN3O6S/c1-21(2)32-30(36)26(17-22-10-7-6-8-11-22)33(19-23-12-9-13-24(31)16-23)29(35)20-34(41(5,37)38)25-14-15-27(39-3)28(18-25)40-4/h6-16,18,21,26H,17,19-20H2,1-5H3,(H,32,36). The maximum atomic E-state index is 14.1. The average Bonchev–Trinajstić information content (AvgIpc) is 2.92. The summed E-state index contributed by atoms with van der Waals surface area (Å²) in [4.78, 5) is 29.1. The van der Waals surface area contributed by atoms with E-state index in [2.05, 4.69) is 5.32 Å². The first kappa shape index (κ1) is 31.8. The number of halogens is 1. The van der Waals surface area contributed by atoms with Crippen molar-refractivity contribution in [1.82, 2.24) is 10.2 Å². The predicted molar refractivity (Wildman–Crippen MR) is 161 cm³/mol. The van der Waals surface area contributed by atoms with Gasteiger partial charge in [0.05, 0.1) is 26.2 Å². The van der Waals surface area contributed by atoms with Crippen molar-refractivity contribution < 1.29 is 27.5 Å². The highest BCUT2D eigenvalue weighted by Crippen LogP contribution is 2.32. The van der Waals surface area contributed by atoms with Crippen LogP contribution in [-0.2, 0) is 32.6 Å². The monoisotopic (exact) mass is 601 g/mol. The summed E-state index contributed by atoms with van der Waals surface area (Å²) < 4.78 is 37.6. The van der Waals surface area contributed by atoms with Crippen molar-refractivity contribution in [3.63, 3.8) is 0 Å². The fourth-order valence-corrected chi connectivity index (χ4v) is 5.41. The molecule has 1 unspecified atom stereocenters. The topological polar surface area (TPSA) is 105 Å². The zero-order valence-electron chi connectivity index (χ0n) is 23.8. The Labute approximate surface area is 247 Å². The van der Waals surface area contributed by atoms with Crippen LogP contribution in [0.5, 0.6) is 11.5 Å². The van der Waals surface area contributed by atoms with Gasteiger partial charge in [-0.25, -0.2) is 8.42 Å². The van der Waals surface area contributed by atoms with Crippen molar-refractivity contribution in [2.75, 3.05) is 31.3 Å². The number of nitrogens with zero attached hydrogens (tertiary/aromatic N) is 2. The van der Waals surface area contributed by atoms with Crippen LogP contribution in [0.2, 0.25) is 5.02 Å². The summed E-state index contributed by atoms with van der Waals surface area (Å²) in [7, 11) is -1.02. The van der Waals surface area contributed by atoms with Gasteiger partial charge in [0.2, 0.25) is 21.8 Å². The molecule has 0 saturated heterocycles. The van der Waals surface area contributed by atoms with Crippen molar-refractivity contribution in [1.29, 1.82) is 0 Å². The second-order valence-corrected chi connectivity index (χ2v) is 12.2. The summed E-state index contributed by atoms with van der Waals surface area (Å²) in [6.45, 7) is 3.16. The summed E-state index contributed by atoms with van der Waals surface area (Å²) in [6.07, 6.45) is 1.24. The molecule has 3 aromatic rings. The van der Waals surface area contributed by atoms with Gasteiger partial charge in [-0.15, -0.1) is 0 Å². The first-order valence-electron chi connectivity index (χ1n) is 13.0. The highest BCUT2D eigenvalue weighted by molar-refractivity contribution is 7.92. The van der Waals surface area contributed by atoms with Gasteiger partial charge in [0.1, 0.15) is 12.6 Å². The van der Waals surface area contributed by atoms with Crippen molar-refractivity contribution in [2.45, 2.75) is 38.9 Å². The van der Waals surface area contributed by atoms with Gasteiger partial charge in [0.25, 0.3) is 0 Å². The number of hydrogen-bond donors (Lipinski definition) is 1. The van der Waals surface area contributed by atoms with Crippen molar-refractivity contribution in [3.8, 4) is 11.5 Å². The lowest BCUT2D eigenvalue weighted by atomic mass is 10.0. The normalized spacial score (nSPS) is 12.0. The number of carbonyl (C=O) groups is 2. The third-order valence-electron chi connectivity index (χ3n) is 6.28. The Hall–Kier alpha value is -3.76. The van der Waals surface area contributed by atoms with Gasteiger partial charge in [-0.05, 0) is 49.2 Å². The van der Waals surface area contributed by atoms with Gasteiger partial charge < -0.3 is 19.7 Å². The molecular formula is C30H36ClN3O6S. The molecule has 220 valence electrons. The van der Waals surface area contributed by atoms with E-state index in [1.807, 2.05) is 44.2 Å². The number of amides is 2. The molecule has 9 nitrogen and oxygen atoms in total. The Balaban J connectivity index is 2.08. The second-order valence-electron chi connectivity index (χ2n) is 9.83. The van der Waals surface area contributed by atoms with E-state index >= 15 is 0 Å². The van der Waals surface area contributed by atoms with Gasteiger partial charge >= 0.3 is 0 Å². The van der Waals surface area contributed by atoms with Gasteiger partial charge in [0, 0.05) is 30.1 Å². The van der Waals surface area contributed by atoms with Gasteiger partial charge in [0.15, 0.2) is 11.5 Å². The van der Waals surface area contributed by atoms with Crippen LogP contribution in [0.15, 0.2) is 72.8 Å². The third kappa shape index (κ3) is 8.86. The van der Waals surface area contributed by atoms with Crippen molar-refractivity contribution in [2.24, 2.45) is 0 Å². The van der Waals surface area contributed by atoms with E-state index < -0.39 is 28.5 Å². The zero-order valence-corrected chi connectivity index (χ0v) is 25.4. The van der Waals surface area contributed by atoms with E-state index in [4.69, 9.17) is 21.1 Å². The molecule has 0 spiro atoms. The molecule has 3 rings (SSSR count). The van der Waals surface area contributed by atoms with Crippen LogP contribution in [0.4, 0.5) is 5.69 Å². The predicted octanol–water partition coefficient (Wildman–Crippen LogP) is 4.29. The lowest BCUT2D eigenvalue weighted by molar-refractivity contribution is -0.140. The van der Waals surface area contributed by atoms with E-state index in [-0.39, 0.29) is 30.6 Å². The molecule has 41 heavy (non-hydrogen) atoms. The number of methoxy groups -OCH3 is 2. The Morgan fingerprint density at radius 3 is 2.15 bits per heavy atom. The molecule has 0 aliphatic heterocycles. The molecule has 0 aromatic heterocycles. The van der Waals surface area contributed by atoms with Crippen LogP contribution in [0.25, 0.3) is 0 Å². The van der Waals surface area contributed by atoms with Gasteiger partial charge in [-0.3, -0.25) is 13.9 Å². The molecule has 0 aliphatic rings. The van der Waals surface area contributed by atoms with E-state index in [9.17, 15) is 18.0 Å². The Bertz CT molecular complexity index is 1450. The number of carbonyl (C=O) groups excluding carboxylic acids is 2. The molecule has 0 aliphatic carbocycles. The second kappa shape index (κ2) is 14.2. The smallest absolute Gasteiger partial charge is 0.244 e. The molecular weight excluding hydrogens is 566 g/mol. The molecule has 0 fully saturated rings. The van der Waals surface area contributed by atoms with E-state index in [1.54, 1.807) is 30.3 Å². The third-order valence-corrected chi connectivity index (χ3v) is 7.65. The maximum absolute atomic E-state index is 14.1. The van der Waals surface area contributed by atoms with Crippen LogP contribution in [0, 0.1) is 0 Å². The fourth-order valence-electron chi connectivity index (χ4n) is 4.36. The Kier molecular flexibility index (Phi) is 11.0. The number of hydrogen-bond acceptors (Lipinski definition) is 6. The van der Waals surface area contributed by atoms with E-state index in [1.165, 1.54) is 31.3 Å². The molecule has 2 amide bonds. The minimum absolute atomic E-state index is 0.0337. The maximum Gasteiger partial charge on any atom is 0.244 e. The molecule has 11 heteroatoms. The first-order chi connectivity index (χ1) is 19.4. The van der Waals surface area contributed by atoms with Gasteiger partial charge in [-0.2, -0.15) is 0 Å². The van der Waals surface area contributed by atoms with Crippen LogP contribution >= 0.6 is 11.6 Å². The minimum Gasteiger partial charge on any atom is -0.493 e. The lowest BCUT2D eigenvalue weighted by Gasteiger charge is -2.34. The Morgan fingerprint density at radius 1 is 0.902 bits per heavy atom. The van der Waals surface area contributed by atoms with E-state index in [0.29, 0.717) is 22.1 Å². The van der Waals surface area contributed by atoms with E-state index in [0.717, 1.165) is 16.1 Å². The number of sulfonamides is 1. The molecule has 1 N–H and O–H groups in total. The minimum atomic E-state index is -3.93. The summed E-state index contributed by atoms with van der Waals surface area (Å²) in [5.74, 6) is -0.201. The number of anilines is 1. The van der Waals surface area contributed by atoms with Crippen LogP contribution in [-0.4, -0.2) is 64.2 Å². The highest BCUT2D eigenvalue weighted by atomic mass is 35.5. The molecule has 0 radical (unpaired) electrons. The summed E-state index contributed by atoms with van der Waals surface area (Å²) in [5.41, 5.74) is 1.76. The van der Waals surface area contributed by atoms with Crippen LogP contribution < -0.4 is 19.1 Å². The summed E-state index contributed by atoms with van der Waals surface area (Å²) in [6, 6.07) is 19.8. The number of nitrogens with one attached hydrogen (secondary N) is 1. The van der Waals surface area contributed by atoms with Crippen LogP contribution in [0.3, 0.4) is 0 Å². The van der Waals surface area contributed by atoms with Crippen molar-refractivity contribution >= 4 is 39.1 Å². The zero-order chi connectivity index (χ0) is 30.2. The highest BCUT2D eigenvalue weighted by Gasteiger charge is 2.33. The largest absolute Gasteiger partial charge is 0.493 e. The SMILES string of the molecule is COc1ccc(N(CC(=O)N(Cc2cccc(Cl)c2)C(Cc2ccccc2)C(=O)NC(C)C)S(C)(=O)=O)cc1OC. The molecule has 0 bridgehead atoms. The van der Waals surface area contributed by atoms with Crippen LogP contribution in [0.1, 0.15) is 25.0 Å². The molecule has 1 atom stereocenters. The molecule has 3 aromatic carbocycles. The molecule has 0 heterocycles. The molecule has 0 saturated carbocycles. The number of benzene rings is 3. The van der Waals surface area contributed by atoms with Gasteiger partial charge in [-0.1, -0.05) is 54.1 Å². The summed E-state index contributed by atoms with van der Waals surface area (Å²) >= 11 is 6.23. The fraction of sp³-hybridized carbons (Fsp3) is 0.333. The lowest BCUT2D eigenvalue weighted by Crippen LogP contribution is -2.54. The number of rotatable bonds is 13. The summed E-state index contributed by atoms with van der Waals surface area (Å²) in [5, 5.41) is 3.39. The van der Waals surface area contributed by atoms with Crippen molar-refractivity contribution in [3.05, 3.63) is 88.9 Å². The number of ether oxygens (including phenoxy) is 2. The quantitative estimate of drug-likeness (QED) is 0.313. The average molecular weight is 602 g/mol. The Morgan fingerprint density at radius 2 is 1.56 bits per heavy atom. The first-order valence-corrected chi connectivity index (χ1v) is 15.2.